The molecule has 158 valence electrons. The largest absolute Gasteiger partial charge is 0.493 e. The summed E-state index contributed by atoms with van der Waals surface area (Å²) in [5.74, 6) is 1.39. The van der Waals surface area contributed by atoms with E-state index in [9.17, 15) is 9.90 Å². The predicted molar refractivity (Wildman–Crippen MR) is 115 cm³/mol. The van der Waals surface area contributed by atoms with Crippen molar-refractivity contribution in [3.8, 4) is 5.75 Å². The van der Waals surface area contributed by atoms with E-state index in [2.05, 4.69) is 16.4 Å². The first kappa shape index (κ1) is 19.1. The molecule has 1 aromatic carbocycles. The molecule has 8 nitrogen and oxygen atoms in total. The molecule has 2 unspecified atom stereocenters. The van der Waals surface area contributed by atoms with Crippen molar-refractivity contribution in [1.82, 2.24) is 19.1 Å². The quantitative estimate of drug-likeness (QED) is 0.691. The molecule has 3 heterocycles. The minimum Gasteiger partial charge on any atom is -0.493 e. The summed E-state index contributed by atoms with van der Waals surface area (Å²) in [4.78, 5) is 22.2. The number of benzene rings is 1. The van der Waals surface area contributed by atoms with Gasteiger partial charge in [0, 0.05) is 25.2 Å². The molecular formula is C22H27N5O3. The highest BCUT2D eigenvalue weighted by atomic mass is 16.5. The highest BCUT2D eigenvalue weighted by Gasteiger charge is 2.33. The van der Waals surface area contributed by atoms with Crippen LogP contribution in [0.15, 0.2) is 23.1 Å². The van der Waals surface area contributed by atoms with E-state index in [0.717, 1.165) is 42.7 Å². The van der Waals surface area contributed by atoms with Gasteiger partial charge in [0.2, 0.25) is 5.95 Å². The number of fused-ring (bicyclic) bond motifs is 2. The van der Waals surface area contributed by atoms with E-state index >= 15 is 0 Å². The number of rotatable bonds is 3. The van der Waals surface area contributed by atoms with Gasteiger partial charge in [0.05, 0.1) is 18.4 Å². The third-order valence-electron chi connectivity index (χ3n) is 6.41. The van der Waals surface area contributed by atoms with Gasteiger partial charge in [-0.3, -0.25) is 9.13 Å². The molecule has 8 heteroatoms. The third kappa shape index (κ3) is 3.15. The number of aromatic nitrogens is 4. The van der Waals surface area contributed by atoms with E-state index in [4.69, 9.17) is 9.72 Å². The van der Waals surface area contributed by atoms with E-state index < -0.39 is 5.60 Å². The van der Waals surface area contributed by atoms with Crippen molar-refractivity contribution >= 4 is 22.8 Å². The molecule has 1 saturated carbocycles. The van der Waals surface area contributed by atoms with Crippen LogP contribution in [0.3, 0.4) is 0 Å². The molecule has 1 aliphatic carbocycles. The van der Waals surface area contributed by atoms with Gasteiger partial charge < -0.3 is 15.2 Å². The number of aryl methyl sites for hydroxylation is 2. The van der Waals surface area contributed by atoms with Gasteiger partial charge in [-0.15, -0.1) is 0 Å². The van der Waals surface area contributed by atoms with E-state index in [1.807, 2.05) is 19.9 Å². The number of aliphatic hydroxyl groups is 1. The SMILES string of the molecule is Cc1cc2c(cc1Nc1ncc3c(n1)n(C1CCCC(C)(O)C1)c(=O)n3C)CCO2. The molecular weight excluding hydrogens is 382 g/mol. The van der Waals surface area contributed by atoms with Gasteiger partial charge in [0.25, 0.3) is 0 Å². The number of hydrogen-bond acceptors (Lipinski definition) is 6. The number of anilines is 2. The van der Waals surface area contributed by atoms with Crippen LogP contribution in [0, 0.1) is 6.92 Å². The summed E-state index contributed by atoms with van der Waals surface area (Å²) in [6.07, 6.45) is 5.62. The van der Waals surface area contributed by atoms with Crippen LogP contribution in [0.1, 0.15) is 49.8 Å². The molecule has 0 saturated heterocycles. The summed E-state index contributed by atoms with van der Waals surface area (Å²) >= 11 is 0. The minimum absolute atomic E-state index is 0.0772. The average molecular weight is 409 g/mol. The molecule has 1 aliphatic heterocycles. The van der Waals surface area contributed by atoms with Crippen LogP contribution in [0.5, 0.6) is 5.75 Å². The molecule has 0 radical (unpaired) electrons. The summed E-state index contributed by atoms with van der Waals surface area (Å²) < 4.78 is 8.96. The first-order valence-electron chi connectivity index (χ1n) is 10.5. The van der Waals surface area contributed by atoms with Crippen LogP contribution >= 0.6 is 0 Å². The van der Waals surface area contributed by atoms with Gasteiger partial charge in [-0.2, -0.15) is 4.98 Å². The normalized spacial score (nSPS) is 23.4. The lowest BCUT2D eigenvalue weighted by Crippen LogP contribution is -2.36. The van der Waals surface area contributed by atoms with Crippen molar-refractivity contribution in [3.05, 3.63) is 39.9 Å². The Kier molecular flexibility index (Phi) is 4.36. The van der Waals surface area contributed by atoms with Crippen LogP contribution in [-0.2, 0) is 13.5 Å². The maximum Gasteiger partial charge on any atom is 0.330 e. The number of ether oxygens (including phenoxy) is 1. The zero-order valence-corrected chi connectivity index (χ0v) is 17.6. The van der Waals surface area contributed by atoms with Crippen molar-refractivity contribution in [2.45, 2.75) is 57.6 Å². The lowest BCUT2D eigenvalue weighted by Gasteiger charge is -2.34. The maximum absolute atomic E-state index is 13.0. The summed E-state index contributed by atoms with van der Waals surface area (Å²) in [7, 11) is 1.74. The number of nitrogens with zero attached hydrogens (tertiary/aromatic N) is 4. The standard InChI is InChI=1S/C22H27N5O3/c1-13-9-18-14(6-8-30-18)10-16(13)24-20-23-12-17-19(25-20)27(21(28)26(17)3)15-5-4-7-22(2,29)11-15/h9-10,12,15,29H,4-8,11H2,1-3H3,(H,23,24,25). The van der Waals surface area contributed by atoms with E-state index in [1.54, 1.807) is 22.4 Å². The Morgan fingerprint density at radius 2 is 2.20 bits per heavy atom. The topological polar surface area (TPSA) is 94.2 Å². The molecule has 30 heavy (non-hydrogen) atoms. The fraction of sp³-hybridized carbons (Fsp3) is 0.500. The lowest BCUT2D eigenvalue weighted by molar-refractivity contribution is 0.00389. The first-order chi connectivity index (χ1) is 14.3. The summed E-state index contributed by atoms with van der Waals surface area (Å²) in [5, 5.41) is 13.9. The number of hydrogen-bond donors (Lipinski definition) is 2. The molecule has 2 atom stereocenters. The van der Waals surface area contributed by atoms with Gasteiger partial charge in [0.1, 0.15) is 11.3 Å². The van der Waals surface area contributed by atoms with Crippen LogP contribution in [0.25, 0.3) is 11.2 Å². The van der Waals surface area contributed by atoms with Gasteiger partial charge in [0.15, 0.2) is 5.65 Å². The summed E-state index contributed by atoms with van der Waals surface area (Å²) in [5.41, 5.74) is 3.56. The van der Waals surface area contributed by atoms with Crippen molar-refractivity contribution in [2.24, 2.45) is 7.05 Å². The molecule has 0 amide bonds. The highest BCUT2D eigenvalue weighted by Crippen LogP contribution is 2.36. The maximum atomic E-state index is 13.0. The highest BCUT2D eigenvalue weighted by molar-refractivity contribution is 5.73. The first-order valence-corrected chi connectivity index (χ1v) is 10.5. The summed E-state index contributed by atoms with van der Waals surface area (Å²) in [6, 6.07) is 4.04. The Labute approximate surface area is 174 Å². The van der Waals surface area contributed by atoms with Crippen molar-refractivity contribution in [2.75, 3.05) is 11.9 Å². The molecule has 2 aliphatic rings. The van der Waals surface area contributed by atoms with Crippen molar-refractivity contribution < 1.29 is 9.84 Å². The van der Waals surface area contributed by atoms with Crippen molar-refractivity contribution in [1.29, 1.82) is 0 Å². The van der Waals surface area contributed by atoms with Crippen LogP contribution in [0.2, 0.25) is 0 Å². The number of imidazole rings is 1. The monoisotopic (exact) mass is 409 g/mol. The molecule has 1 fully saturated rings. The second-order valence-electron chi connectivity index (χ2n) is 8.86. The average Bonchev–Trinajstić information content (AvgIpc) is 3.23. The van der Waals surface area contributed by atoms with Crippen LogP contribution < -0.4 is 15.7 Å². The fourth-order valence-electron chi connectivity index (χ4n) is 4.76. The lowest BCUT2D eigenvalue weighted by atomic mass is 9.83. The zero-order chi connectivity index (χ0) is 21.0. The van der Waals surface area contributed by atoms with E-state index in [0.29, 0.717) is 30.1 Å². The van der Waals surface area contributed by atoms with Gasteiger partial charge in [-0.05, 0) is 62.8 Å². The van der Waals surface area contributed by atoms with Gasteiger partial charge in [-0.1, -0.05) is 0 Å². The number of nitrogens with one attached hydrogen (secondary N) is 1. The molecule has 0 spiro atoms. The Balaban J connectivity index is 1.55. The Morgan fingerprint density at radius 3 is 3.00 bits per heavy atom. The Hall–Kier alpha value is -2.87. The Morgan fingerprint density at radius 1 is 1.37 bits per heavy atom. The second kappa shape index (κ2) is 6.84. The molecule has 0 bridgehead atoms. The van der Waals surface area contributed by atoms with E-state index in [1.165, 1.54) is 5.56 Å². The van der Waals surface area contributed by atoms with Crippen LogP contribution in [-0.4, -0.2) is 36.4 Å². The molecule has 5 rings (SSSR count). The third-order valence-corrected chi connectivity index (χ3v) is 6.41. The predicted octanol–water partition coefficient (Wildman–Crippen LogP) is 2.98. The molecule has 2 aromatic heterocycles. The van der Waals surface area contributed by atoms with Gasteiger partial charge in [-0.25, -0.2) is 9.78 Å². The Bertz CT molecular complexity index is 1190. The molecule has 3 aromatic rings. The van der Waals surface area contributed by atoms with Crippen molar-refractivity contribution in [3.63, 3.8) is 0 Å². The van der Waals surface area contributed by atoms with Crippen LogP contribution in [0.4, 0.5) is 11.6 Å². The molecule has 2 N–H and O–H groups in total. The van der Waals surface area contributed by atoms with Gasteiger partial charge >= 0.3 is 5.69 Å². The van der Waals surface area contributed by atoms with E-state index in [-0.39, 0.29) is 11.7 Å². The summed E-state index contributed by atoms with van der Waals surface area (Å²) in [6.45, 7) is 4.57. The zero-order valence-electron chi connectivity index (χ0n) is 17.6. The second-order valence-corrected chi connectivity index (χ2v) is 8.86. The fourth-order valence-corrected chi connectivity index (χ4v) is 4.76. The smallest absolute Gasteiger partial charge is 0.330 e. The minimum atomic E-state index is -0.762.